The number of nitrogens with two attached hydrogens (primary N) is 1. The molecule has 1 aliphatic rings. The first-order chi connectivity index (χ1) is 9.29. The molecule has 1 fully saturated rings. The average molecular weight is 355 g/mol. The van der Waals surface area contributed by atoms with Gasteiger partial charge in [-0.3, -0.25) is 4.79 Å². The highest BCUT2D eigenvalue weighted by atomic mass is 35.5. The number of halogens is 2. The molecule has 5 nitrogen and oxygen atoms in total. The van der Waals surface area contributed by atoms with Crippen LogP contribution in [0.5, 0.6) is 0 Å². The van der Waals surface area contributed by atoms with Crippen LogP contribution in [0, 0.1) is 5.92 Å². The molecule has 0 bridgehead atoms. The molecule has 20 heavy (non-hydrogen) atoms. The van der Waals surface area contributed by atoms with E-state index in [0.717, 1.165) is 17.9 Å². The summed E-state index contributed by atoms with van der Waals surface area (Å²) in [5.74, 6) is 1.47. The molecule has 1 aromatic carbocycles. The minimum atomic E-state index is -3.89. The van der Waals surface area contributed by atoms with Crippen LogP contribution in [0.2, 0.25) is 10.0 Å². The Balaban J connectivity index is 2.26. The average Bonchev–Trinajstić information content (AvgIpc) is 2.85. The Kier molecular flexibility index (Phi) is 4.86. The second-order valence-electron chi connectivity index (χ2n) is 4.36. The molecule has 0 radical (unpaired) electrons. The molecule has 0 aliphatic carbocycles. The van der Waals surface area contributed by atoms with E-state index in [1.807, 2.05) is 0 Å². The van der Waals surface area contributed by atoms with Crippen LogP contribution in [0.15, 0.2) is 17.0 Å². The molecule has 1 aliphatic heterocycles. The summed E-state index contributed by atoms with van der Waals surface area (Å²) < 4.78 is 22.5. The van der Waals surface area contributed by atoms with E-state index in [9.17, 15) is 13.2 Å². The highest BCUT2D eigenvalue weighted by Crippen LogP contribution is 2.34. The second kappa shape index (κ2) is 6.11. The van der Waals surface area contributed by atoms with Gasteiger partial charge >= 0.3 is 0 Å². The third kappa shape index (κ3) is 3.59. The highest BCUT2D eigenvalue weighted by Gasteiger charge is 2.25. The Labute approximate surface area is 131 Å². The van der Waals surface area contributed by atoms with Crippen molar-refractivity contribution >= 4 is 56.6 Å². The van der Waals surface area contributed by atoms with Crippen molar-refractivity contribution in [2.24, 2.45) is 11.1 Å². The first-order valence-electron chi connectivity index (χ1n) is 5.69. The fourth-order valence-corrected chi connectivity index (χ4v) is 4.30. The lowest BCUT2D eigenvalue weighted by molar-refractivity contribution is -0.119. The summed E-state index contributed by atoms with van der Waals surface area (Å²) in [4.78, 5) is 11.8. The molecule has 1 amide bonds. The predicted molar refractivity (Wildman–Crippen MR) is 81.9 cm³/mol. The van der Waals surface area contributed by atoms with E-state index in [-0.39, 0.29) is 32.5 Å². The predicted octanol–water partition coefficient (Wildman–Crippen LogP) is 2.33. The number of anilines is 1. The van der Waals surface area contributed by atoms with Crippen molar-refractivity contribution in [3.63, 3.8) is 0 Å². The van der Waals surface area contributed by atoms with E-state index in [1.165, 1.54) is 12.1 Å². The minimum Gasteiger partial charge on any atom is -0.323 e. The molecule has 0 spiro atoms. The largest absolute Gasteiger partial charge is 0.323 e. The molecule has 1 aromatic rings. The molecule has 1 saturated heterocycles. The summed E-state index contributed by atoms with van der Waals surface area (Å²) in [7, 11) is -3.89. The maximum Gasteiger partial charge on any atom is 0.238 e. The summed E-state index contributed by atoms with van der Waals surface area (Å²) in [5, 5.41) is 7.74. The Hall–Kier alpha value is -0.470. The number of amides is 1. The van der Waals surface area contributed by atoms with Crippen molar-refractivity contribution in [2.75, 3.05) is 16.8 Å². The van der Waals surface area contributed by atoms with Crippen molar-refractivity contribution in [3.05, 3.63) is 22.2 Å². The number of hydrogen-bond donors (Lipinski definition) is 2. The van der Waals surface area contributed by atoms with Gasteiger partial charge in [0.15, 0.2) is 0 Å². The Morgan fingerprint density at radius 2 is 1.95 bits per heavy atom. The number of thioether (sulfide) groups is 1. The zero-order valence-electron chi connectivity index (χ0n) is 10.2. The van der Waals surface area contributed by atoms with Gasteiger partial charge in [0, 0.05) is 11.7 Å². The first-order valence-corrected chi connectivity index (χ1v) is 9.15. The molecule has 110 valence electrons. The maximum absolute atomic E-state index is 12.0. The quantitative estimate of drug-likeness (QED) is 0.871. The van der Waals surface area contributed by atoms with E-state index >= 15 is 0 Å². The lowest BCUT2D eigenvalue weighted by Crippen LogP contribution is -2.23. The zero-order valence-corrected chi connectivity index (χ0v) is 13.4. The SMILES string of the molecule is NS(=O)(=O)c1cc(Cl)c(NC(=O)C2CCSC2)c(Cl)c1. The zero-order chi connectivity index (χ0) is 14.9. The molecular formula is C11H12Cl2N2O3S2. The van der Waals surface area contributed by atoms with E-state index in [4.69, 9.17) is 28.3 Å². The fraction of sp³-hybridized carbons (Fsp3) is 0.364. The fourth-order valence-electron chi connectivity index (χ4n) is 1.80. The Bertz CT molecular complexity index is 620. The molecule has 0 aromatic heterocycles. The lowest BCUT2D eigenvalue weighted by atomic mass is 10.1. The van der Waals surface area contributed by atoms with E-state index < -0.39 is 10.0 Å². The monoisotopic (exact) mass is 354 g/mol. The standard InChI is InChI=1S/C11H12Cl2N2O3S2/c12-8-3-7(20(14,17)18)4-9(13)10(8)15-11(16)6-1-2-19-5-6/h3-4,6H,1-2,5H2,(H,15,16)(H2,14,17,18). The van der Waals surface area contributed by atoms with Crippen LogP contribution < -0.4 is 10.5 Å². The van der Waals surface area contributed by atoms with Gasteiger partial charge in [-0.05, 0) is 24.3 Å². The van der Waals surface area contributed by atoms with Crippen LogP contribution in [-0.2, 0) is 14.8 Å². The van der Waals surface area contributed by atoms with E-state index in [0.29, 0.717) is 0 Å². The summed E-state index contributed by atoms with van der Waals surface area (Å²) in [6.07, 6.45) is 0.807. The van der Waals surface area contributed by atoms with E-state index in [2.05, 4.69) is 5.32 Å². The molecule has 1 heterocycles. The van der Waals surface area contributed by atoms with Gasteiger partial charge in [-0.15, -0.1) is 0 Å². The van der Waals surface area contributed by atoms with E-state index in [1.54, 1.807) is 11.8 Å². The molecule has 2 rings (SSSR count). The number of benzene rings is 1. The Morgan fingerprint density at radius 3 is 2.40 bits per heavy atom. The second-order valence-corrected chi connectivity index (χ2v) is 7.88. The molecule has 3 N–H and O–H groups in total. The van der Waals surface area contributed by atoms with Crippen LogP contribution in [-0.4, -0.2) is 25.8 Å². The van der Waals surface area contributed by atoms with Crippen molar-refractivity contribution in [3.8, 4) is 0 Å². The topological polar surface area (TPSA) is 89.3 Å². The number of nitrogens with one attached hydrogen (secondary N) is 1. The van der Waals surface area contributed by atoms with Crippen LogP contribution in [0.4, 0.5) is 5.69 Å². The van der Waals surface area contributed by atoms with Crippen molar-refractivity contribution in [1.82, 2.24) is 0 Å². The first kappa shape index (κ1) is 15.9. The van der Waals surface area contributed by atoms with Crippen LogP contribution in [0.3, 0.4) is 0 Å². The van der Waals surface area contributed by atoms with Crippen molar-refractivity contribution in [1.29, 1.82) is 0 Å². The number of rotatable bonds is 3. The smallest absolute Gasteiger partial charge is 0.238 e. The molecule has 0 saturated carbocycles. The minimum absolute atomic E-state index is 0.0422. The van der Waals surface area contributed by atoms with Crippen molar-refractivity contribution < 1.29 is 13.2 Å². The molecule has 1 atom stereocenters. The van der Waals surface area contributed by atoms with Crippen LogP contribution >= 0.6 is 35.0 Å². The summed E-state index contributed by atoms with van der Waals surface area (Å²) in [5.41, 5.74) is 0.211. The Morgan fingerprint density at radius 1 is 1.35 bits per heavy atom. The third-order valence-electron chi connectivity index (χ3n) is 2.89. The number of hydrogen-bond acceptors (Lipinski definition) is 4. The van der Waals surface area contributed by atoms with Gasteiger partial charge in [0.25, 0.3) is 0 Å². The summed E-state index contributed by atoms with van der Waals surface area (Å²) in [6.45, 7) is 0. The summed E-state index contributed by atoms with van der Waals surface area (Å²) in [6, 6.07) is 2.34. The highest BCUT2D eigenvalue weighted by molar-refractivity contribution is 7.99. The number of primary sulfonamides is 1. The molecular weight excluding hydrogens is 343 g/mol. The van der Waals surface area contributed by atoms with Gasteiger partial charge in [-0.2, -0.15) is 11.8 Å². The van der Waals surface area contributed by atoms with Gasteiger partial charge < -0.3 is 5.32 Å². The van der Waals surface area contributed by atoms with Gasteiger partial charge in [0.05, 0.1) is 20.6 Å². The van der Waals surface area contributed by atoms with Crippen LogP contribution in [0.25, 0.3) is 0 Å². The van der Waals surface area contributed by atoms with Gasteiger partial charge in [0.1, 0.15) is 0 Å². The number of sulfonamides is 1. The van der Waals surface area contributed by atoms with Gasteiger partial charge in [-0.25, -0.2) is 13.6 Å². The third-order valence-corrected chi connectivity index (χ3v) is 5.54. The van der Waals surface area contributed by atoms with Crippen molar-refractivity contribution in [2.45, 2.75) is 11.3 Å². The lowest BCUT2D eigenvalue weighted by Gasteiger charge is -2.13. The normalized spacial score (nSPS) is 19.1. The van der Waals surface area contributed by atoms with Gasteiger partial charge in [-0.1, -0.05) is 23.2 Å². The van der Waals surface area contributed by atoms with Crippen LogP contribution in [0.1, 0.15) is 6.42 Å². The molecule has 1 unspecified atom stereocenters. The molecule has 9 heteroatoms. The van der Waals surface area contributed by atoms with Gasteiger partial charge in [0.2, 0.25) is 15.9 Å². The number of carbonyl (C=O) groups is 1. The summed E-state index contributed by atoms with van der Waals surface area (Å²) >= 11 is 13.6. The number of carbonyl (C=O) groups excluding carboxylic acids is 1. The maximum atomic E-state index is 12.0.